The summed E-state index contributed by atoms with van der Waals surface area (Å²) in [4.78, 5) is 37.6. The Bertz CT molecular complexity index is 1040. The third-order valence-corrected chi connectivity index (χ3v) is 4.69. The van der Waals surface area contributed by atoms with Crippen LogP contribution in [0.4, 0.5) is 5.69 Å². The summed E-state index contributed by atoms with van der Waals surface area (Å²) in [6.07, 6.45) is 1.51. The first-order valence-electron chi connectivity index (χ1n) is 7.69. The highest BCUT2D eigenvalue weighted by Crippen LogP contribution is 2.36. The molecule has 28 heavy (non-hydrogen) atoms. The molecule has 0 amide bonds. The minimum Gasteiger partial charge on any atom is -0.424 e. The van der Waals surface area contributed by atoms with Gasteiger partial charge in [-0.05, 0) is 67.8 Å². The minimum absolute atomic E-state index is 0.0563. The Balaban J connectivity index is 1.91. The smallest absolute Gasteiger partial charge is 0.363 e. The number of carbonyl (C=O) groups excluding carboxylic acids is 2. The molecule has 3 rings (SSSR count). The zero-order valence-electron chi connectivity index (χ0n) is 14.1. The van der Waals surface area contributed by atoms with E-state index in [0.717, 1.165) is 0 Å². The molecule has 0 saturated carbocycles. The van der Waals surface area contributed by atoms with Crippen LogP contribution >= 0.6 is 31.9 Å². The van der Waals surface area contributed by atoms with Crippen LogP contribution in [0.5, 0.6) is 5.75 Å². The van der Waals surface area contributed by atoms with Crippen molar-refractivity contribution in [1.29, 1.82) is 0 Å². The summed E-state index contributed by atoms with van der Waals surface area (Å²) < 4.78 is 11.3. The summed E-state index contributed by atoms with van der Waals surface area (Å²) in [5, 5.41) is 10.7. The lowest BCUT2D eigenvalue weighted by atomic mass is 10.2. The number of hydrogen-bond donors (Lipinski definition) is 0. The van der Waals surface area contributed by atoms with Crippen molar-refractivity contribution in [3.05, 3.63) is 72.3 Å². The first kappa shape index (κ1) is 19.9. The third-order valence-electron chi connectivity index (χ3n) is 3.52. The van der Waals surface area contributed by atoms with Crippen LogP contribution in [0.25, 0.3) is 6.08 Å². The van der Waals surface area contributed by atoms with Gasteiger partial charge in [-0.15, -0.1) is 0 Å². The number of halogens is 2. The molecule has 0 saturated heterocycles. The predicted molar refractivity (Wildman–Crippen MR) is 107 cm³/mol. The molecule has 0 unspecified atom stereocenters. The zero-order valence-corrected chi connectivity index (χ0v) is 17.3. The van der Waals surface area contributed by atoms with Gasteiger partial charge in [-0.1, -0.05) is 0 Å². The van der Waals surface area contributed by atoms with Crippen molar-refractivity contribution in [2.24, 2.45) is 4.99 Å². The van der Waals surface area contributed by atoms with E-state index >= 15 is 0 Å². The van der Waals surface area contributed by atoms with Crippen LogP contribution in [-0.2, 0) is 14.3 Å². The van der Waals surface area contributed by atoms with Crippen molar-refractivity contribution in [1.82, 2.24) is 0 Å². The number of cyclic esters (lactones) is 1. The van der Waals surface area contributed by atoms with Gasteiger partial charge >= 0.3 is 11.9 Å². The Kier molecular flexibility index (Phi) is 5.71. The maximum atomic E-state index is 12.1. The lowest BCUT2D eigenvalue weighted by Crippen LogP contribution is -2.05. The van der Waals surface area contributed by atoms with Crippen molar-refractivity contribution in [2.45, 2.75) is 6.92 Å². The maximum absolute atomic E-state index is 12.1. The van der Waals surface area contributed by atoms with E-state index in [-0.39, 0.29) is 17.3 Å². The van der Waals surface area contributed by atoms with E-state index in [0.29, 0.717) is 25.8 Å². The fourth-order valence-corrected chi connectivity index (χ4v) is 3.70. The van der Waals surface area contributed by atoms with Gasteiger partial charge in [0.1, 0.15) is 0 Å². The topological polar surface area (TPSA) is 108 Å². The van der Waals surface area contributed by atoms with E-state index in [2.05, 4.69) is 36.9 Å². The molecule has 0 aliphatic carbocycles. The Labute approximate surface area is 175 Å². The SMILES string of the molecule is CC(=O)Oc1c(Br)cc(/C=C2\N=C(c3ccc([N+](=O)[O-])cc3)OC2=O)cc1Br. The van der Waals surface area contributed by atoms with Gasteiger partial charge < -0.3 is 9.47 Å². The Morgan fingerprint density at radius 3 is 2.36 bits per heavy atom. The number of aliphatic imine (C=N–C) groups is 1. The molecule has 0 fully saturated rings. The number of hydrogen-bond acceptors (Lipinski definition) is 7. The summed E-state index contributed by atoms with van der Waals surface area (Å²) in [5.41, 5.74) is 1.03. The van der Waals surface area contributed by atoms with Crippen LogP contribution < -0.4 is 4.74 Å². The van der Waals surface area contributed by atoms with E-state index in [1.807, 2.05) is 0 Å². The Hall–Kier alpha value is -2.85. The van der Waals surface area contributed by atoms with Crippen LogP contribution in [0.2, 0.25) is 0 Å². The largest absolute Gasteiger partial charge is 0.424 e. The molecule has 0 atom stereocenters. The Morgan fingerprint density at radius 1 is 1.21 bits per heavy atom. The molecule has 0 aromatic heterocycles. The molecule has 0 radical (unpaired) electrons. The summed E-state index contributed by atoms with van der Waals surface area (Å²) in [6.45, 7) is 1.29. The first-order valence-corrected chi connectivity index (χ1v) is 9.28. The molecule has 0 spiro atoms. The number of nitrogens with zero attached hydrogens (tertiary/aromatic N) is 2. The van der Waals surface area contributed by atoms with Gasteiger partial charge in [0.05, 0.1) is 13.9 Å². The predicted octanol–water partition coefficient (Wildman–Crippen LogP) is 4.39. The molecule has 1 heterocycles. The number of nitro groups is 1. The fourth-order valence-electron chi connectivity index (χ4n) is 2.32. The van der Waals surface area contributed by atoms with E-state index in [1.165, 1.54) is 37.3 Å². The highest BCUT2D eigenvalue weighted by atomic mass is 79.9. The van der Waals surface area contributed by atoms with E-state index in [9.17, 15) is 19.7 Å². The second-order valence-electron chi connectivity index (χ2n) is 5.55. The quantitative estimate of drug-likeness (QED) is 0.199. The average molecular weight is 510 g/mol. The molecule has 142 valence electrons. The number of rotatable bonds is 4. The molecule has 1 aliphatic heterocycles. The van der Waals surface area contributed by atoms with Gasteiger partial charge in [-0.25, -0.2) is 9.79 Å². The number of nitro benzene ring substituents is 1. The normalized spacial score (nSPS) is 14.6. The highest BCUT2D eigenvalue weighted by Gasteiger charge is 2.25. The van der Waals surface area contributed by atoms with Crippen molar-refractivity contribution >= 4 is 61.5 Å². The van der Waals surface area contributed by atoms with Gasteiger partial charge in [0.25, 0.3) is 5.69 Å². The lowest BCUT2D eigenvalue weighted by molar-refractivity contribution is -0.384. The van der Waals surface area contributed by atoms with Crippen molar-refractivity contribution in [3.8, 4) is 5.75 Å². The van der Waals surface area contributed by atoms with Gasteiger partial charge in [0.15, 0.2) is 11.4 Å². The highest BCUT2D eigenvalue weighted by molar-refractivity contribution is 9.11. The van der Waals surface area contributed by atoms with Crippen LogP contribution in [0.1, 0.15) is 18.1 Å². The molecule has 10 heteroatoms. The fraction of sp³-hybridized carbons (Fsp3) is 0.0556. The molecule has 0 bridgehead atoms. The van der Waals surface area contributed by atoms with Crippen molar-refractivity contribution < 1.29 is 24.0 Å². The van der Waals surface area contributed by atoms with Crippen LogP contribution in [0.3, 0.4) is 0 Å². The van der Waals surface area contributed by atoms with E-state index < -0.39 is 16.9 Å². The van der Waals surface area contributed by atoms with E-state index in [4.69, 9.17) is 9.47 Å². The van der Waals surface area contributed by atoms with Crippen molar-refractivity contribution in [2.75, 3.05) is 0 Å². The maximum Gasteiger partial charge on any atom is 0.363 e. The summed E-state index contributed by atoms with van der Waals surface area (Å²) >= 11 is 6.63. The molecule has 2 aromatic rings. The first-order chi connectivity index (χ1) is 13.2. The third kappa shape index (κ3) is 4.34. The van der Waals surface area contributed by atoms with Crippen LogP contribution in [0, 0.1) is 10.1 Å². The van der Waals surface area contributed by atoms with Crippen molar-refractivity contribution in [3.63, 3.8) is 0 Å². The second kappa shape index (κ2) is 8.03. The van der Waals surface area contributed by atoms with Gasteiger partial charge in [-0.2, -0.15) is 0 Å². The molecule has 2 aromatic carbocycles. The standard InChI is InChI=1S/C18H10Br2N2O6/c1-9(23)27-16-13(19)6-10(7-14(16)20)8-15-18(24)28-17(21-15)11-2-4-12(5-3-11)22(25)26/h2-8H,1H3/b15-8-. The molecule has 8 nitrogen and oxygen atoms in total. The Morgan fingerprint density at radius 2 is 1.82 bits per heavy atom. The number of carbonyl (C=O) groups is 2. The van der Waals surface area contributed by atoms with Crippen LogP contribution in [0.15, 0.2) is 56.0 Å². The number of ether oxygens (including phenoxy) is 2. The minimum atomic E-state index is -0.648. The molecule has 0 N–H and O–H groups in total. The number of benzene rings is 2. The average Bonchev–Trinajstić information content (AvgIpc) is 2.99. The number of non-ortho nitro benzene ring substituents is 1. The van der Waals surface area contributed by atoms with Gasteiger partial charge in [0.2, 0.25) is 5.90 Å². The number of esters is 2. The second-order valence-corrected chi connectivity index (χ2v) is 7.26. The van der Waals surface area contributed by atoms with Gasteiger partial charge in [-0.3, -0.25) is 14.9 Å². The summed E-state index contributed by atoms with van der Waals surface area (Å²) in [6, 6.07) is 8.82. The summed E-state index contributed by atoms with van der Waals surface area (Å²) in [5.74, 6) is -0.742. The van der Waals surface area contributed by atoms with Crippen LogP contribution in [-0.4, -0.2) is 22.8 Å². The molecular weight excluding hydrogens is 500 g/mol. The summed E-state index contributed by atoms with van der Waals surface area (Å²) in [7, 11) is 0. The monoisotopic (exact) mass is 508 g/mol. The lowest BCUT2D eigenvalue weighted by Gasteiger charge is -2.08. The zero-order chi connectivity index (χ0) is 20.4. The van der Waals surface area contributed by atoms with Gasteiger partial charge in [0, 0.05) is 24.6 Å². The molecular formula is C18H10Br2N2O6. The molecule has 1 aliphatic rings. The van der Waals surface area contributed by atoms with E-state index in [1.54, 1.807) is 12.1 Å².